The van der Waals surface area contributed by atoms with Crippen LogP contribution < -0.4 is 0 Å². The van der Waals surface area contributed by atoms with Gasteiger partial charge in [0.05, 0.1) is 18.1 Å². The highest BCUT2D eigenvalue weighted by Gasteiger charge is 2.16. The molecule has 1 unspecified atom stereocenters. The van der Waals surface area contributed by atoms with Crippen molar-refractivity contribution < 1.29 is 27.2 Å². The second-order valence-electron chi connectivity index (χ2n) is 3.94. The summed E-state index contributed by atoms with van der Waals surface area (Å²) in [6.45, 7) is 2.86. The van der Waals surface area contributed by atoms with Gasteiger partial charge in [-0.15, -0.1) is 0 Å². The third-order valence-electron chi connectivity index (χ3n) is 2.35. The number of ether oxygens (including phenoxy) is 1. The molecule has 0 radical (unpaired) electrons. The molecule has 1 N–H and O–H groups in total. The molecule has 0 aliphatic carbocycles. The van der Waals surface area contributed by atoms with E-state index in [4.69, 9.17) is 14.0 Å². The van der Waals surface area contributed by atoms with Crippen molar-refractivity contribution in [2.75, 3.05) is 13.2 Å². The Labute approximate surface area is 112 Å². The smallest absolute Gasteiger partial charge is 0.332 e. The van der Waals surface area contributed by atoms with Crippen LogP contribution in [0.25, 0.3) is 0 Å². The van der Waals surface area contributed by atoms with Gasteiger partial charge in [0, 0.05) is 0 Å². The molecule has 0 saturated heterocycles. The van der Waals surface area contributed by atoms with Crippen molar-refractivity contribution in [3.8, 4) is 0 Å². The van der Waals surface area contributed by atoms with Gasteiger partial charge in [-0.25, -0.2) is 4.79 Å². The number of benzene rings is 1. The minimum atomic E-state index is -3.82. The molecule has 1 aromatic rings. The van der Waals surface area contributed by atoms with Crippen LogP contribution in [0.3, 0.4) is 0 Å². The van der Waals surface area contributed by atoms with E-state index in [2.05, 4.69) is 0 Å². The van der Waals surface area contributed by atoms with Gasteiger partial charge >= 0.3 is 5.97 Å². The van der Waals surface area contributed by atoms with E-state index in [-0.39, 0.29) is 18.1 Å². The minimum absolute atomic E-state index is 0.0596. The van der Waals surface area contributed by atoms with Crippen molar-refractivity contribution in [1.29, 1.82) is 0 Å². The van der Waals surface area contributed by atoms with Gasteiger partial charge in [0.25, 0.3) is 10.1 Å². The van der Waals surface area contributed by atoms with Crippen LogP contribution in [-0.2, 0) is 23.8 Å². The molecule has 0 heterocycles. The summed E-state index contributed by atoms with van der Waals surface area (Å²) in [5.41, 5.74) is 0.942. The van der Waals surface area contributed by atoms with Crippen molar-refractivity contribution in [1.82, 2.24) is 0 Å². The summed E-state index contributed by atoms with van der Waals surface area (Å²) in [5, 5.41) is 8.56. The molecule has 0 aromatic heterocycles. The normalized spacial score (nSPS) is 13.2. The van der Waals surface area contributed by atoms with Gasteiger partial charge in [0.1, 0.15) is 0 Å². The Kier molecular flexibility index (Phi) is 5.46. The molecule has 0 saturated carbocycles. The molecule has 7 heteroatoms. The summed E-state index contributed by atoms with van der Waals surface area (Å²) in [7, 11) is -3.82. The minimum Gasteiger partial charge on any atom is -0.479 e. The first-order chi connectivity index (χ1) is 8.83. The van der Waals surface area contributed by atoms with Crippen molar-refractivity contribution in [2.24, 2.45) is 0 Å². The molecule has 0 amide bonds. The predicted molar refractivity (Wildman–Crippen MR) is 67.4 cm³/mol. The third kappa shape index (κ3) is 4.98. The van der Waals surface area contributed by atoms with Crippen molar-refractivity contribution in [3.05, 3.63) is 29.8 Å². The highest BCUT2D eigenvalue weighted by molar-refractivity contribution is 7.86. The van der Waals surface area contributed by atoms with E-state index in [9.17, 15) is 13.2 Å². The second-order valence-corrected chi connectivity index (χ2v) is 5.56. The van der Waals surface area contributed by atoms with Crippen LogP contribution in [0, 0.1) is 6.92 Å². The maximum atomic E-state index is 11.7. The van der Waals surface area contributed by atoms with Crippen LogP contribution in [-0.4, -0.2) is 38.8 Å². The Morgan fingerprint density at radius 2 is 1.84 bits per heavy atom. The number of hydrogen-bond donors (Lipinski definition) is 1. The second kappa shape index (κ2) is 6.65. The number of aryl methyl sites for hydroxylation is 1. The fraction of sp³-hybridized carbons (Fsp3) is 0.417. The molecule has 1 aromatic carbocycles. The average Bonchev–Trinajstić information content (AvgIpc) is 2.34. The number of carboxylic acids is 1. The number of carboxylic acid groups (broad SMARTS) is 1. The quantitative estimate of drug-likeness (QED) is 0.598. The monoisotopic (exact) mass is 288 g/mol. The summed E-state index contributed by atoms with van der Waals surface area (Å²) < 4.78 is 33.1. The Morgan fingerprint density at radius 1 is 1.26 bits per heavy atom. The van der Waals surface area contributed by atoms with Gasteiger partial charge < -0.3 is 9.84 Å². The molecule has 1 rings (SSSR count). The molecule has 106 valence electrons. The summed E-state index contributed by atoms with van der Waals surface area (Å²) in [5.74, 6) is -1.11. The van der Waals surface area contributed by atoms with Gasteiger partial charge in [-0.3, -0.25) is 4.18 Å². The number of carbonyl (C=O) groups is 1. The molecular formula is C12H16O6S. The lowest BCUT2D eigenvalue weighted by Crippen LogP contribution is -2.22. The third-order valence-corrected chi connectivity index (χ3v) is 3.67. The van der Waals surface area contributed by atoms with Crippen LogP contribution in [0.5, 0.6) is 0 Å². The highest BCUT2D eigenvalue weighted by Crippen LogP contribution is 2.12. The molecule has 0 fully saturated rings. The Hall–Kier alpha value is -1.44. The molecule has 0 bridgehead atoms. The van der Waals surface area contributed by atoms with E-state index >= 15 is 0 Å². The van der Waals surface area contributed by atoms with E-state index in [1.54, 1.807) is 12.1 Å². The lowest BCUT2D eigenvalue weighted by atomic mass is 10.2. The number of aliphatic carboxylic acids is 1. The number of rotatable bonds is 7. The Bertz CT molecular complexity index is 520. The van der Waals surface area contributed by atoms with Crippen molar-refractivity contribution in [2.45, 2.75) is 24.8 Å². The van der Waals surface area contributed by atoms with Crippen LogP contribution in [0.1, 0.15) is 12.5 Å². The zero-order chi connectivity index (χ0) is 14.5. The first-order valence-electron chi connectivity index (χ1n) is 5.63. The average molecular weight is 288 g/mol. The summed E-state index contributed by atoms with van der Waals surface area (Å²) in [4.78, 5) is 10.5. The molecule has 19 heavy (non-hydrogen) atoms. The van der Waals surface area contributed by atoms with Crippen LogP contribution in [0.2, 0.25) is 0 Å². The molecule has 0 aliphatic heterocycles. The van der Waals surface area contributed by atoms with Crippen molar-refractivity contribution >= 4 is 16.1 Å². The summed E-state index contributed by atoms with van der Waals surface area (Å²) in [6.07, 6.45) is -0.995. The number of hydrogen-bond acceptors (Lipinski definition) is 5. The van der Waals surface area contributed by atoms with E-state index in [0.29, 0.717) is 0 Å². The lowest BCUT2D eigenvalue weighted by molar-refractivity contribution is -0.149. The lowest BCUT2D eigenvalue weighted by Gasteiger charge is -2.09. The van der Waals surface area contributed by atoms with Gasteiger partial charge in [0.15, 0.2) is 6.10 Å². The Balaban J connectivity index is 2.48. The summed E-state index contributed by atoms with van der Waals surface area (Å²) >= 11 is 0. The molecule has 6 nitrogen and oxygen atoms in total. The maximum absolute atomic E-state index is 11.7. The Morgan fingerprint density at radius 3 is 2.37 bits per heavy atom. The SMILES string of the molecule is Cc1ccc(S(=O)(=O)OCCOC(C)C(=O)O)cc1. The first kappa shape index (κ1) is 15.6. The van der Waals surface area contributed by atoms with E-state index < -0.39 is 22.2 Å². The topological polar surface area (TPSA) is 89.9 Å². The fourth-order valence-electron chi connectivity index (χ4n) is 1.21. The predicted octanol–water partition coefficient (Wildman–Crippen LogP) is 1.19. The maximum Gasteiger partial charge on any atom is 0.332 e. The van der Waals surface area contributed by atoms with Crippen LogP contribution in [0.15, 0.2) is 29.2 Å². The largest absolute Gasteiger partial charge is 0.479 e. The fourth-order valence-corrected chi connectivity index (χ4v) is 2.11. The van der Waals surface area contributed by atoms with E-state index in [0.717, 1.165) is 5.56 Å². The standard InChI is InChI=1S/C12H16O6S/c1-9-3-5-11(6-4-9)19(15,16)18-8-7-17-10(2)12(13)14/h3-6,10H,7-8H2,1-2H3,(H,13,14). The van der Waals surface area contributed by atoms with Gasteiger partial charge in [0.2, 0.25) is 0 Å². The summed E-state index contributed by atoms with van der Waals surface area (Å²) in [6, 6.07) is 6.23. The van der Waals surface area contributed by atoms with Gasteiger partial charge in [-0.05, 0) is 26.0 Å². The molecular weight excluding hydrogens is 272 g/mol. The van der Waals surface area contributed by atoms with Crippen molar-refractivity contribution in [3.63, 3.8) is 0 Å². The van der Waals surface area contributed by atoms with Crippen LogP contribution >= 0.6 is 0 Å². The van der Waals surface area contributed by atoms with E-state index in [1.165, 1.54) is 19.1 Å². The molecule has 0 spiro atoms. The van der Waals surface area contributed by atoms with E-state index in [1.807, 2.05) is 6.92 Å². The molecule has 0 aliphatic rings. The zero-order valence-corrected chi connectivity index (χ0v) is 11.5. The highest BCUT2D eigenvalue weighted by atomic mass is 32.2. The van der Waals surface area contributed by atoms with Gasteiger partial charge in [-0.1, -0.05) is 17.7 Å². The zero-order valence-electron chi connectivity index (χ0n) is 10.7. The van der Waals surface area contributed by atoms with Gasteiger partial charge in [-0.2, -0.15) is 8.42 Å². The van der Waals surface area contributed by atoms with Crippen LogP contribution in [0.4, 0.5) is 0 Å². The first-order valence-corrected chi connectivity index (χ1v) is 7.04. The molecule has 1 atom stereocenters.